The van der Waals surface area contributed by atoms with Crippen LogP contribution in [0.2, 0.25) is 0 Å². The van der Waals surface area contributed by atoms with Gasteiger partial charge in [0.1, 0.15) is 29.2 Å². The molecule has 1 aromatic carbocycles. The third kappa shape index (κ3) is 8.45. The third-order valence-corrected chi connectivity index (χ3v) is 6.75. The summed E-state index contributed by atoms with van der Waals surface area (Å²) < 4.78 is 11.8. The molecule has 3 heterocycles. The van der Waals surface area contributed by atoms with Crippen LogP contribution >= 0.6 is 0 Å². The van der Waals surface area contributed by atoms with Crippen LogP contribution < -0.4 is 25.8 Å². The van der Waals surface area contributed by atoms with E-state index in [0.717, 1.165) is 48.6 Å². The van der Waals surface area contributed by atoms with Crippen LogP contribution in [0.3, 0.4) is 0 Å². The molecule has 0 spiro atoms. The lowest BCUT2D eigenvalue weighted by Gasteiger charge is -2.19. The first-order valence-electron chi connectivity index (χ1n) is 13.7. The molecule has 0 radical (unpaired) electrons. The molecule has 1 aliphatic carbocycles. The largest absolute Gasteiger partial charge is 0.489 e. The molecule has 1 aromatic heterocycles. The Morgan fingerprint density at radius 3 is 2.62 bits per heavy atom. The Kier molecular flexibility index (Phi) is 11.7. The van der Waals surface area contributed by atoms with Gasteiger partial charge in [-0.05, 0) is 50.6 Å². The van der Waals surface area contributed by atoms with Gasteiger partial charge in [-0.1, -0.05) is 51.9 Å². The highest BCUT2D eigenvalue weighted by Gasteiger charge is 2.48. The van der Waals surface area contributed by atoms with Crippen molar-refractivity contribution in [3.05, 3.63) is 41.6 Å². The zero-order valence-electron chi connectivity index (χ0n) is 22.3. The Balaban J connectivity index is 0.000000221. The van der Waals surface area contributed by atoms with Crippen LogP contribution in [0, 0.1) is 0 Å². The third-order valence-electron chi connectivity index (χ3n) is 6.75. The number of anilines is 1. The molecular formula is C29H42N4O4. The summed E-state index contributed by atoms with van der Waals surface area (Å²) in [7, 11) is 1.50. The minimum absolute atomic E-state index is 0.00612. The molecule has 37 heavy (non-hydrogen) atoms. The number of benzene rings is 1. The summed E-state index contributed by atoms with van der Waals surface area (Å²) in [6.07, 6.45) is 15.6. The number of unbranched alkanes of at least 4 members (excludes halogenated alkanes) is 7. The fraction of sp³-hybridized carbons (Fsp3) is 0.552. The Morgan fingerprint density at radius 2 is 1.86 bits per heavy atom. The van der Waals surface area contributed by atoms with Crippen molar-refractivity contribution < 1.29 is 19.1 Å². The number of nitrogens with one attached hydrogen (secondary N) is 2. The Hall–Kier alpha value is -3.13. The monoisotopic (exact) mass is 510 g/mol. The summed E-state index contributed by atoms with van der Waals surface area (Å²) in [6, 6.07) is 7.82. The smallest absolute Gasteiger partial charge is 0.225 e. The Bertz CT molecular complexity index is 1010. The molecule has 0 bridgehead atoms. The normalized spacial score (nSPS) is 17.8. The average molecular weight is 511 g/mol. The van der Waals surface area contributed by atoms with Crippen LogP contribution in [-0.2, 0) is 16.0 Å². The van der Waals surface area contributed by atoms with Gasteiger partial charge in [0, 0.05) is 36.2 Å². The summed E-state index contributed by atoms with van der Waals surface area (Å²) in [6.45, 7) is 3.09. The van der Waals surface area contributed by atoms with E-state index in [2.05, 4.69) is 34.3 Å². The average Bonchev–Trinajstić information content (AvgIpc) is 3.61. The number of aromatic nitrogens is 1. The van der Waals surface area contributed by atoms with Crippen molar-refractivity contribution in [1.82, 2.24) is 10.3 Å². The predicted octanol–water partition coefficient (Wildman–Crippen LogP) is 5.45. The number of amides is 2. The Morgan fingerprint density at radius 1 is 1.11 bits per heavy atom. The van der Waals surface area contributed by atoms with Crippen molar-refractivity contribution in [3.8, 4) is 17.2 Å². The quantitative estimate of drug-likeness (QED) is 0.258. The predicted molar refractivity (Wildman–Crippen MR) is 146 cm³/mol. The minimum Gasteiger partial charge on any atom is -0.489 e. The fourth-order valence-electron chi connectivity index (χ4n) is 4.68. The maximum Gasteiger partial charge on any atom is 0.225 e. The second kappa shape index (κ2) is 15.2. The number of ether oxygens (including phenoxy) is 2. The van der Waals surface area contributed by atoms with Gasteiger partial charge in [0.05, 0.1) is 0 Å². The molecule has 5 rings (SSSR count). The number of hydrogen-bond donors (Lipinski definition) is 3. The van der Waals surface area contributed by atoms with E-state index in [0.29, 0.717) is 30.7 Å². The number of rotatable bonds is 12. The molecule has 3 aliphatic rings. The summed E-state index contributed by atoms with van der Waals surface area (Å²) in [5, 5.41) is 5.47. The lowest BCUT2D eigenvalue weighted by molar-refractivity contribution is -0.116. The zero-order chi connectivity index (χ0) is 26.5. The van der Waals surface area contributed by atoms with Crippen LogP contribution in [0.25, 0.3) is 0 Å². The van der Waals surface area contributed by atoms with E-state index in [1.807, 2.05) is 18.2 Å². The number of carbonyl (C=O) groups is 2. The van der Waals surface area contributed by atoms with Gasteiger partial charge in [-0.2, -0.15) is 0 Å². The molecule has 2 aromatic rings. The zero-order valence-corrected chi connectivity index (χ0v) is 22.3. The molecule has 202 valence electrons. The van der Waals surface area contributed by atoms with Gasteiger partial charge in [0.25, 0.3) is 0 Å². The number of fused-ring (bicyclic) bond motifs is 4. The van der Waals surface area contributed by atoms with Crippen LogP contribution in [-0.4, -0.2) is 37.0 Å². The molecule has 2 amide bonds. The molecule has 8 heteroatoms. The molecule has 1 saturated carbocycles. The highest BCUT2D eigenvalue weighted by molar-refractivity contribution is 5.93. The van der Waals surface area contributed by atoms with Gasteiger partial charge in [0.15, 0.2) is 0 Å². The van der Waals surface area contributed by atoms with Gasteiger partial charge in [0.2, 0.25) is 12.3 Å². The van der Waals surface area contributed by atoms with Crippen molar-refractivity contribution in [2.75, 3.05) is 18.9 Å². The van der Waals surface area contributed by atoms with Gasteiger partial charge >= 0.3 is 0 Å². The van der Waals surface area contributed by atoms with Crippen molar-refractivity contribution >= 4 is 18.1 Å². The van der Waals surface area contributed by atoms with Gasteiger partial charge in [-0.3, -0.25) is 9.59 Å². The van der Waals surface area contributed by atoms with Crippen LogP contribution in [0.15, 0.2) is 30.5 Å². The number of carbonyl (C=O) groups excluding carboxylic acids is 2. The van der Waals surface area contributed by atoms with E-state index in [1.165, 1.54) is 57.6 Å². The van der Waals surface area contributed by atoms with Crippen LogP contribution in [0.5, 0.6) is 17.2 Å². The highest BCUT2D eigenvalue weighted by atomic mass is 16.5. The van der Waals surface area contributed by atoms with Crippen molar-refractivity contribution in [2.45, 2.75) is 89.6 Å². The van der Waals surface area contributed by atoms with E-state index >= 15 is 0 Å². The number of nitrogens with two attached hydrogens (primary N) is 1. The molecule has 1 fully saturated rings. The van der Waals surface area contributed by atoms with Gasteiger partial charge < -0.3 is 25.8 Å². The topological polar surface area (TPSA) is 116 Å². The summed E-state index contributed by atoms with van der Waals surface area (Å²) in [5.74, 6) is 3.71. The highest BCUT2D eigenvalue weighted by Crippen LogP contribution is 2.54. The first-order chi connectivity index (χ1) is 18.2. The van der Waals surface area contributed by atoms with Crippen molar-refractivity contribution in [1.29, 1.82) is 0 Å². The molecule has 2 aliphatic heterocycles. The van der Waals surface area contributed by atoms with E-state index in [9.17, 15) is 9.59 Å². The van der Waals surface area contributed by atoms with Crippen molar-refractivity contribution in [2.24, 2.45) is 5.73 Å². The standard InChI is InChI=1S/C17H14N2O3.C11H23NO.CH5N/c20-16-4-2-10-14(5-6-18-17(10)19-16)21-9-1-3-13-11(7-9)12-8-15(12)22-13;1-2-3-4-5-6-7-8-9-10-12-11-13;1-2/h1,3,5-7,12,15H,2,4,8H2,(H,18,19,20);11H,2-10H2,1H3,(H,12,13);2H2,1H3. The van der Waals surface area contributed by atoms with Crippen LogP contribution in [0.4, 0.5) is 5.82 Å². The molecular weight excluding hydrogens is 468 g/mol. The van der Waals surface area contributed by atoms with E-state index in [4.69, 9.17) is 9.47 Å². The molecule has 8 nitrogen and oxygen atoms in total. The Labute approximate surface area is 220 Å². The van der Waals surface area contributed by atoms with E-state index < -0.39 is 0 Å². The lowest BCUT2D eigenvalue weighted by atomic mass is 10.1. The fourth-order valence-corrected chi connectivity index (χ4v) is 4.68. The SMILES string of the molecule is CCCCCCCCCCNC=O.CN.O=C1CCc2c(Oc3ccc4c(c3)C3CC3O4)ccnc2N1. The molecule has 4 N–H and O–H groups in total. The summed E-state index contributed by atoms with van der Waals surface area (Å²) >= 11 is 0. The first kappa shape index (κ1) is 28.4. The lowest BCUT2D eigenvalue weighted by Crippen LogP contribution is -2.20. The summed E-state index contributed by atoms with van der Waals surface area (Å²) in [4.78, 5) is 25.6. The summed E-state index contributed by atoms with van der Waals surface area (Å²) in [5.41, 5.74) is 6.71. The number of pyridine rings is 1. The van der Waals surface area contributed by atoms with Gasteiger partial charge in [-0.15, -0.1) is 0 Å². The maximum atomic E-state index is 11.5. The van der Waals surface area contributed by atoms with Crippen LogP contribution in [0.1, 0.15) is 88.2 Å². The second-order valence-electron chi connectivity index (χ2n) is 9.53. The number of nitrogens with zero attached hydrogens (tertiary/aromatic N) is 1. The van der Waals surface area contributed by atoms with E-state index in [1.54, 1.807) is 6.20 Å². The van der Waals surface area contributed by atoms with E-state index in [-0.39, 0.29) is 5.91 Å². The molecule has 2 atom stereocenters. The number of hydrogen-bond acceptors (Lipinski definition) is 6. The maximum absolute atomic E-state index is 11.5. The van der Waals surface area contributed by atoms with Crippen molar-refractivity contribution in [3.63, 3.8) is 0 Å². The molecule has 2 unspecified atom stereocenters. The van der Waals surface area contributed by atoms with Gasteiger partial charge in [-0.25, -0.2) is 4.98 Å². The molecule has 0 saturated heterocycles. The minimum atomic E-state index is 0.00612. The first-order valence-corrected chi connectivity index (χ1v) is 13.7. The second-order valence-corrected chi connectivity index (χ2v) is 9.53.